The van der Waals surface area contributed by atoms with Crippen molar-refractivity contribution in [3.05, 3.63) is 113 Å². The van der Waals surface area contributed by atoms with Gasteiger partial charge in [0, 0.05) is 22.6 Å². The first-order valence-electron chi connectivity index (χ1n) is 12.1. The van der Waals surface area contributed by atoms with Crippen LogP contribution < -0.4 is 14.9 Å². The van der Waals surface area contributed by atoms with Gasteiger partial charge >= 0.3 is 11.7 Å². The number of benzene rings is 2. The van der Waals surface area contributed by atoms with Gasteiger partial charge in [0.2, 0.25) is 5.82 Å². The number of nitro groups is 1. The van der Waals surface area contributed by atoms with Crippen molar-refractivity contribution in [1.82, 2.24) is 4.57 Å². The first kappa shape index (κ1) is 27.3. The highest BCUT2D eigenvalue weighted by molar-refractivity contribution is 7.98. The van der Waals surface area contributed by atoms with E-state index in [-0.39, 0.29) is 23.5 Å². The van der Waals surface area contributed by atoms with E-state index in [2.05, 4.69) is 4.99 Å². The number of rotatable bonds is 7. The molecule has 1 aliphatic heterocycles. The molecular weight excluding hydrogens is 557 g/mol. The summed E-state index contributed by atoms with van der Waals surface area (Å²) in [5.74, 6) is -0.901. The number of carbonyl (C=O) groups is 1. The van der Waals surface area contributed by atoms with Gasteiger partial charge in [-0.25, -0.2) is 9.79 Å². The molecule has 0 radical (unpaired) electrons. The first-order valence-corrected chi connectivity index (χ1v) is 14.1. The summed E-state index contributed by atoms with van der Waals surface area (Å²) in [6.07, 6.45) is 3.51. The zero-order valence-electron chi connectivity index (χ0n) is 21.5. The molecule has 0 amide bonds. The summed E-state index contributed by atoms with van der Waals surface area (Å²) in [4.78, 5) is 43.1. The number of aromatic nitrogens is 1. The monoisotopic (exact) mass is 579 g/mol. The summed E-state index contributed by atoms with van der Waals surface area (Å²) in [5, 5.41) is 11.1. The van der Waals surface area contributed by atoms with E-state index in [1.807, 2.05) is 30.5 Å². The van der Waals surface area contributed by atoms with Crippen molar-refractivity contribution < 1.29 is 23.3 Å². The largest absolute Gasteiger partial charge is 0.463 e. The molecule has 5 rings (SSSR count). The number of nitro benzene ring substituents is 1. The number of halogens is 1. The number of nitrogens with zero attached hydrogens (tertiary/aromatic N) is 3. The smallest absolute Gasteiger partial charge is 0.338 e. The number of furan rings is 1. The molecule has 0 saturated carbocycles. The van der Waals surface area contributed by atoms with Crippen LogP contribution in [-0.2, 0) is 9.53 Å². The van der Waals surface area contributed by atoms with Crippen LogP contribution in [0.25, 0.3) is 17.4 Å². The molecule has 0 bridgehead atoms. The highest BCUT2D eigenvalue weighted by atomic mass is 32.2. The molecule has 2 aromatic heterocycles. The molecule has 3 heterocycles. The lowest BCUT2D eigenvalue weighted by Crippen LogP contribution is -2.39. The second-order valence-corrected chi connectivity index (χ2v) is 10.6. The van der Waals surface area contributed by atoms with E-state index in [9.17, 15) is 24.1 Å². The van der Waals surface area contributed by atoms with E-state index >= 15 is 0 Å². The Kier molecular flexibility index (Phi) is 7.55. The Bertz CT molecular complexity index is 1850. The van der Waals surface area contributed by atoms with Gasteiger partial charge in [-0.2, -0.15) is 4.39 Å². The number of hydrogen-bond acceptors (Lipinski definition) is 9. The van der Waals surface area contributed by atoms with Crippen LogP contribution in [-0.4, -0.2) is 28.3 Å². The average molecular weight is 580 g/mol. The van der Waals surface area contributed by atoms with E-state index in [0.29, 0.717) is 26.4 Å². The van der Waals surface area contributed by atoms with Crippen molar-refractivity contribution in [1.29, 1.82) is 0 Å². The SMILES string of the molecule is CCOC(=O)C1=C(C)N=c2s/c(=C\c3ccc(-c4ccc(F)c([N+](=O)[O-])c4)o3)c(=O)n2[C@@H]1c1ccc(SC)cc1. The Labute approximate surface area is 235 Å². The Morgan fingerprint density at radius 3 is 2.67 bits per heavy atom. The molecule has 1 atom stereocenters. The molecular formula is C28H22FN3O6S2. The fourth-order valence-corrected chi connectivity index (χ4v) is 5.85. The predicted molar refractivity (Wildman–Crippen MR) is 149 cm³/mol. The quantitative estimate of drug-likeness (QED) is 0.133. The van der Waals surface area contributed by atoms with Gasteiger partial charge in [-0.15, -0.1) is 11.8 Å². The Morgan fingerprint density at radius 2 is 2.00 bits per heavy atom. The fourth-order valence-electron chi connectivity index (χ4n) is 4.41. The van der Waals surface area contributed by atoms with Gasteiger partial charge in [-0.1, -0.05) is 23.5 Å². The van der Waals surface area contributed by atoms with Gasteiger partial charge in [0.25, 0.3) is 5.56 Å². The number of ether oxygens (including phenoxy) is 1. The maximum atomic E-state index is 13.8. The van der Waals surface area contributed by atoms with Crippen LogP contribution >= 0.6 is 23.1 Å². The molecule has 1 aliphatic rings. The summed E-state index contributed by atoms with van der Waals surface area (Å²) in [6, 6.07) is 13.5. The lowest BCUT2D eigenvalue weighted by molar-refractivity contribution is -0.387. The summed E-state index contributed by atoms with van der Waals surface area (Å²) < 4.78 is 26.7. The molecule has 2 aromatic carbocycles. The zero-order chi connectivity index (χ0) is 28.6. The van der Waals surface area contributed by atoms with Gasteiger partial charge in [0.05, 0.1) is 33.4 Å². The van der Waals surface area contributed by atoms with Crippen molar-refractivity contribution >= 4 is 40.8 Å². The molecule has 0 unspecified atom stereocenters. The van der Waals surface area contributed by atoms with Crippen LogP contribution in [0.2, 0.25) is 0 Å². The van der Waals surface area contributed by atoms with Gasteiger partial charge in [-0.05, 0) is 62.1 Å². The van der Waals surface area contributed by atoms with E-state index < -0.39 is 28.4 Å². The molecule has 12 heteroatoms. The summed E-state index contributed by atoms with van der Waals surface area (Å²) in [5.41, 5.74) is 0.771. The topological polar surface area (TPSA) is 117 Å². The van der Waals surface area contributed by atoms with Crippen LogP contribution in [0.3, 0.4) is 0 Å². The number of thiazole rings is 1. The van der Waals surface area contributed by atoms with Crippen LogP contribution in [0, 0.1) is 15.9 Å². The van der Waals surface area contributed by atoms with E-state index in [1.165, 1.54) is 10.6 Å². The van der Waals surface area contributed by atoms with Crippen LogP contribution in [0.5, 0.6) is 0 Å². The number of hydrogen-bond donors (Lipinski definition) is 0. The predicted octanol–water partition coefficient (Wildman–Crippen LogP) is 4.83. The van der Waals surface area contributed by atoms with Crippen molar-refractivity contribution in [2.24, 2.45) is 4.99 Å². The molecule has 0 fully saturated rings. The Morgan fingerprint density at radius 1 is 1.25 bits per heavy atom. The van der Waals surface area contributed by atoms with Gasteiger partial charge in [0.15, 0.2) is 4.80 Å². The number of fused-ring (bicyclic) bond motifs is 1. The number of thioether (sulfide) groups is 1. The highest BCUT2D eigenvalue weighted by Gasteiger charge is 2.33. The number of esters is 1. The lowest BCUT2D eigenvalue weighted by atomic mass is 9.96. The van der Waals surface area contributed by atoms with Gasteiger partial charge in [0.1, 0.15) is 11.5 Å². The third-order valence-corrected chi connectivity index (χ3v) is 8.00. The molecule has 0 aliphatic carbocycles. The minimum Gasteiger partial charge on any atom is -0.463 e. The summed E-state index contributed by atoms with van der Waals surface area (Å²) in [6.45, 7) is 3.61. The minimum absolute atomic E-state index is 0.177. The molecule has 9 nitrogen and oxygen atoms in total. The van der Waals surface area contributed by atoms with E-state index in [0.717, 1.165) is 33.9 Å². The summed E-state index contributed by atoms with van der Waals surface area (Å²) >= 11 is 2.73. The van der Waals surface area contributed by atoms with Crippen LogP contribution in [0.1, 0.15) is 31.2 Å². The third-order valence-electron chi connectivity index (χ3n) is 6.28. The zero-order valence-corrected chi connectivity index (χ0v) is 23.2. The van der Waals surface area contributed by atoms with Crippen molar-refractivity contribution in [3.63, 3.8) is 0 Å². The lowest BCUT2D eigenvalue weighted by Gasteiger charge is -2.24. The fraction of sp³-hybridized carbons (Fsp3) is 0.179. The maximum absolute atomic E-state index is 13.8. The molecule has 0 N–H and O–H groups in total. The summed E-state index contributed by atoms with van der Waals surface area (Å²) in [7, 11) is 0. The van der Waals surface area contributed by atoms with Crippen molar-refractivity contribution in [2.45, 2.75) is 24.8 Å². The van der Waals surface area contributed by atoms with Crippen molar-refractivity contribution in [2.75, 3.05) is 12.9 Å². The molecule has 204 valence electrons. The van der Waals surface area contributed by atoms with E-state index in [1.54, 1.807) is 43.8 Å². The minimum atomic E-state index is -0.947. The normalized spacial score (nSPS) is 15.1. The number of carbonyl (C=O) groups excluding carboxylic acids is 1. The van der Waals surface area contributed by atoms with Gasteiger partial charge < -0.3 is 9.15 Å². The molecule has 0 spiro atoms. The van der Waals surface area contributed by atoms with Crippen LogP contribution in [0.15, 0.2) is 85.0 Å². The molecule has 4 aromatic rings. The Hall–Kier alpha value is -4.29. The Balaban J connectivity index is 1.61. The molecule has 0 saturated heterocycles. The average Bonchev–Trinajstić information content (AvgIpc) is 3.52. The first-order chi connectivity index (χ1) is 19.2. The highest BCUT2D eigenvalue weighted by Crippen LogP contribution is 2.32. The number of allylic oxidation sites excluding steroid dienone is 1. The van der Waals surface area contributed by atoms with Crippen LogP contribution in [0.4, 0.5) is 10.1 Å². The second-order valence-electron chi connectivity index (χ2n) is 8.70. The van der Waals surface area contributed by atoms with Crippen molar-refractivity contribution in [3.8, 4) is 11.3 Å². The second kappa shape index (κ2) is 11.1. The van der Waals surface area contributed by atoms with Gasteiger partial charge in [-0.3, -0.25) is 19.5 Å². The van der Waals surface area contributed by atoms with E-state index in [4.69, 9.17) is 9.15 Å². The third kappa shape index (κ3) is 5.03. The maximum Gasteiger partial charge on any atom is 0.338 e. The molecule has 40 heavy (non-hydrogen) atoms. The standard InChI is InChI=1S/C28H22FN3O6S2/c1-4-37-27(34)24-15(2)30-28-31(25(24)16-5-9-19(39-3)10-6-16)26(33)23(40-28)14-18-8-12-22(38-18)17-7-11-20(29)21(13-17)32(35)36/h5-14,25H,4H2,1-3H3/b23-14-/t25-/m1/s1.